The van der Waals surface area contributed by atoms with Crippen molar-refractivity contribution in [2.45, 2.75) is 64.2 Å². The molecule has 0 amide bonds. The van der Waals surface area contributed by atoms with Gasteiger partial charge in [-0.1, -0.05) is 37.8 Å². The molecule has 3 saturated carbocycles. The SMILES string of the molecule is C=C1CCC23CCCCC12CCCC3. The van der Waals surface area contributed by atoms with Crippen molar-refractivity contribution < 1.29 is 0 Å². The number of hydrogen-bond donors (Lipinski definition) is 0. The molecule has 0 aromatic carbocycles. The van der Waals surface area contributed by atoms with Crippen LogP contribution in [-0.4, -0.2) is 0 Å². The van der Waals surface area contributed by atoms with Gasteiger partial charge in [0.05, 0.1) is 0 Å². The molecule has 0 aliphatic heterocycles. The van der Waals surface area contributed by atoms with Gasteiger partial charge in [0.1, 0.15) is 0 Å². The molecule has 3 aliphatic carbocycles. The molecule has 0 atom stereocenters. The van der Waals surface area contributed by atoms with E-state index in [2.05, 4.69) is 6.58 Å². The van der Waals surface area contributed by atoms with E-state index in [9.17, 15) is 0 Å². The number of hydrogen-bond acceptors (Lipinski definition) is 0. The molecule has 14 heavy (non-hydrogen) atoms. The maximum atomic E-state index is 4.41. The molecule has 0 bridgehead atoms. The topological polar surface area (TPSA) is 0 Å². The van der Waals surface area contributed by atoms with Crippen molar-refractivity contribution in [2.24, 2.45) is 10.8 Å². The molecule has 78 valence electrons. The first-order chi connectivity index (χ1) is 6.79. The first-order valence-corrected chi connectivity index (χ1v) is 6.47. The van der Waals surface area contributed by atoms with Gasteiger partial charge in [-0.2, -0.15) is 0 Å². The lowest BCUT2D eigenvalue weighted by Gasteiger charge is -2.53. The molecule has 3 aliphatic rings. The second-order valence-electron chi connectivity index (χ2n) is 5.88. The van der Waals surface area contributed by atoms with Gasteiger partial charge in [0.25, 0.3) is 0 Å². The van der Waals surface area contributed by atoms with E-state index in [1.807, 2.05) is 0 Å². The summed E-state index contributed by atoms with van der Waals surface area (Å²) in [6.45, 7) is 4.41. The largest absolute Gasteiger partial charge is 0.0993 e. The Kier molecular flexibility index (Phi) is 1.84. The highest BCUT2D eigenvalue weighted by Gasteiger charge is 2.57. The molecule has 3 rings (SSSR count). The molecule has 3 fully saturated rings. The summed E-state index contributed by atoms with van der Waals surface area (Å²) in [6, 6.07) is 0. The average molecular weight is 190 g/mol. The Balaban J connectivity index is 2.04. The van der Waals surface area contributed by atoms with Crippen LogP contribution in [0.4, 0.5) is 0 Å². The van der Waals surface area contributed by atoms with Crippen LogP contribution >= 0.6 is 0 Å². The average Bonchev–Trinajstić information content (AvgIpc) is 2.54. The molecule has 0 unspecified atom stereocenters. The van der Waals surface area contributed by atoms with Crippen molar-refractivity contribution in [3.05, 3.63) is 12.2 Å². The van der Waals surface area contributed by atoms with Crippen LogP contribution in [0.15, 0.2) is 12.2 Å². The lowest BCUT2D eigenvalue weighted by atomic mass is 9.51. The maximum absolute atomic E-state index is 4.41. The normalized spacial score (nSPS) is 47.3. The van der Waals surface area contributed by atoms with E-state index in [4.69, 9.17) is 0 Å². The molecule has 0 aromatic heterocycles. The van der Waals surface area contributed by atoms with Crippen molar-refractivity contribution >= 4 is 0 Å². The zero-order valence-corrected chi connectivity index (χ0v) is 9.28. The van der Waals surface area contributed by atoms with E-state index in [1.165, 1.54) is 64.2 Å². The summed E-state index contributed by atoms with van der Waals surface area (Å²) in [5, 5.41) is 0. The van der Waals surface area contributed by atoms with Gasteiger partial charge in [0, 0.05) is 0 Å². The first kappa shape index (κ1) is 9.00. The minimum atomic E-state index is 0.628. The van der Waals surface area contributed by atoms with E-state index in [0.717, 1.165) is 5.41 Å². The molecule has 0 radical (unpaired) electrons. The quantitative estimate of drug-likeness (QED) is 0.495. The van der Waals surface area contributed by atoms with Crippen molar-refractivity contribution in [2.75, 3.05) is 0 Å². The molecular formula is C14H22. The van der Waals surface area contributed by atoms with Crippen LogP contribution in [0.2, 0.25) is 0 Å². The third-order valence-electron chi connectivity index (χ3n) is 5.62. The molecule has 0 heterocycles. The fraction of sp³-hybridized carbons (Fsp3) is 0.857. The zero-order valence-electron chi connectivity index (χ0n) is 9.28. The Labute approximate surface area is 87.8 Å². The van der Waals surface area contributed by atoms with Gasteiger partial charge >= 0.3 is 0 Å². The molecule has 0 nitrogen and oxygen atoms in total. The Hall–Kier alpha value is -0.260. The van der Waals surface area contributed by atoms with Crippen LogP contribution < -0.4 is 0 Å². The Morgan fingerprint density at radius 2 is 1.36 bits per heavy atom. The summed E-state index contributed by atoms with van der Waals surface area (Å²) in [4.78, 5) is 0. The van der Waals surface area contributed by atoms with E-state index >= 15 is 0 Å². The van der Waals surface area contributed by atoms with E-state index in [1.54, 1.807) is 5.57 Å². The summed E-state index contributed by atoms with van der Waals surface area (Å²) in [6.07, 6.45) is 14.8. The van der Waals surface area contributed by atoms with Gasteiger partial charge in [0.2, 0.25) is 0 Å². The Bertz CT molecular complexity index is 249. The van der Waals surface area contributed by atoms with Crippen molar-refractivity contribution in [3.63, 3.8) is 0 Å². The van der Waals surface area contributed by atoms with E-state index < -0.39 is 0 Å². The second kappa shape index (κ2) is 2.87. The van der Waals surface area contributed by atoms with Crippen LogP contribution in [0.3, 0.4) is 0 Å². The van der Waals surface area contributed by atoms with Crippen LogP contribution in [0, 0.1) is 10.8 Å². The summed E-state index contributed by atoms with van der Waals surface area (Å²) in [5.41, 5.74) is 3.00. The Morgan fingerprint density at radius 3 is 1.93 bits per heavy atom. The zero-order chi connectivity index (χ0) is 9.65. The predicted octanol–water partition coefficient (Wildman–Crippen LogP) is 4.46. The van der Waals surface area contributed by atoms with Crippen molar-refractivity contribution in [1.29, 1.82) is 0 Å². The molecule has 0 heteroatoms. The summed E-state index contributed by atoms with van der Waals surface area (Å²) in [5.74, 6) is 0. The molecule has 0 saturated heterocycles. The minimum Gasteiger partial charge on any atom is -0.0993 e. The van der Waals surface area contributed by atoms with Gasteiger partial charge < -0.3 is 0 Å². The first-order valence-electron chi connectivity index (χ1n) is 6.47. The third kappa shape index (κ3) is 0.902. The number of allylic oxidation sites excluding steroid dienone is 1. The number of rotatable bonds is 0. The van der Waals surface area contributed by atoms with Gasteiger partial charge in [-0.15, -0.1) is 0 Å². The smallest absolute Gasteiger partial charge is 0.00343 e. The highest BCUT2D eigenvalue weighted by atomic mass is 14.6. The fourth-order valence-corrected chi connectivity index (χ4v) is 4.89. The summed E-state index contributed by atoms with van der Waals surface area (Å²) >= 11 is 0. The van der Waals surface area contributed by atoms with Gasteiger partial charge in [-0.3, -0.25) is 0 Å². The fourth-order valence-electron chi connectivity index (χ4n) is 4.89. The Morgan fingerprint density at radius 1 is 0.786 bits per heavy atom. The summed E-state index contributed by atoms with van der Waals surface area (Å²) < 4.78 is 0. The van der Waals surface area contributed by atoms with Gasteiger partial charge in [-0.05, 0) is 49.4 Å². The van der Waals surface area contributed by atoms with Crippen LogP contribution in [0.5, 0.6) is 0 Å². The van der Waals surface area contributed by atoms with Crippen molar-refractivity contribution in [3.8, 4) is 0 Å². The third-order valence-corrected chi connectivity index (χ3v) is 5.62. The predicted molar refractivity (Wildman–Crippen MR) is 60.2 cm³/mol. The van der Waals surface area contributed by atoms with E-state index in [0.29, 0.717) is 5.41 Å². The van der Waals surface area contributed by atoms with Gasteiger partial charge in [-0.25, -0.2) is 0 Å². The molecule has 0 aromatic rings. The lowest BCUT2D eigenvalue weighted by molar-refractivity contribution is -0.00295. The minimum absolute atomic E-state index is 0.628. The standard InChI is InChI=1S/C14H22/c1-12-6-11-13-7-2-4-9-14(12,13)10-5-3-8-13/h1-11H2. The molecule has 0 N–H and O–H groups in total. The summed E-state index contributed by atoms with van der Waals surface area (Å²) in [7, 11) is 0. The van der Waals surface area contributed by atoms with Crippen LogP contribution in [-0.2, 0) is 0 Å². The monoisotopic (exact) mass is 190 g/mol. The molecular weight excluding hydrogens is 168 g/mol. The van der Waals surface area contributed by atoms with E-state index in [-0.39, 0.29) is 0 Å². The maximum Gasteiger partial charge on any atom is -0.00343 e. The lowest BCUT2D eigenvalue weighted by Crippen LogP contribution is -2.43. The molecule has 0 spiro atoms. The highest BCUT2D eigenvalue weighted by molar-refractivity contribution is 5.25. The highest BCUT2D eigenvalue weighted by Crippen LogP contribution is 2.68. The second-order valence-corrected chi connectivity index (χ2v) is 5.88. The van der Waals surface area contributed by atoms with Crippen molar-refractivity contribution in [1.82, 2.24) is 0 Å². The van der Waals surface area contributed by atoms with Crippen LogP contribution in [0.25, 0.3) is 0 Å². The van der Waals surface area contributed by atoms with Crippen LogP contribution in [0.1, 0.15) is 64.2 Å². The van der Waals surface area contributed by atoms with Gasteiger partial charge in [0.15, 0.2) is 0 Å².